The minimum absolute atomic E-state index is 0.0358. The Morgan fingerprint density at radius 3 is 2.46 bits per heavy atom. The summed E-state index contributed by atoms with van der Waals surface area (Å²) in [4.78, 5) is 12.5. The number of benzene rings is 3. The molecule has 5 nitrogen and oxygen atoms in total. The number of halogens is 1. The van der Waals surface area contributed by atoms with E-state index >= 15 is 0 Å². The van der Waals surface area contributed by atoms with Crippen LogP contribution in [-0.2, 0) is 0 Å². The number of nitro groups is 1. The molecule has 0 aromatic heterocycles. The molecule has 0 spiro atoms. The Balaban J connectivity index is 1.78. The van der Waals surface area contributed by atoms with E-state index in [1.807, 2.05) is 42.5 Å². The van der Waals surface area contributed by atoms with Crippen molar-refractivity contribution in [3.05, 3.63) is 93.5 Å². The maximum absolute atomic E-state index is 11.4. The van der Waals surface area contributed by atoms with E-state index in [9.17, 15) is 10.1 Å². The Morgan fingerprint density at radius 2 is 1.77 bits per heavy atom. The molecule has 3 aromatic carbocycles. The van der Waals surface area contributed by atoms with Gasteiger partial charge in [-0.1, -0.05) is 47.6 Å². The van der Waals surface area contributed by atoms with Crippen LogP contribution in [0.15, 0.2) is 87.7 Å². The summed E-state index contributed by atoms with van der Waals surface area (Å²) in [5.74, 6) is 0. The topological polar surface area (TPSA) is 67.5 Å². The lowest BCUT2D eigenvalue weighted by atomic mass is 10.2. The number of hydrazone groups is 1. The van der Waals surface area contributed by atoms with Gasteiger partial charge in [0.2, 0.25) is 0 Å². The van der Waals surface area contributed by atoms with Gasteiger partial charge in [-0.2, -0.15) is 5.10 Å². The van der Waals surface area contributed by atoms with Crippen molar-refractivity contribution < 1.29 is 4.92 Å². The van der Waals surface area contributed by atoms with Gasteiger partial charge in [0.05, 0.1) is 21.7 Å². The molecule has 1 N–H and O–H groups in total. The number of nitrogens with one attached hydrogen (secondary N) is 1. The highest BCUT2D eigenvalue weighted by molar-refractivity contribution is 7.99. The maximum atomic E-state index is 11.4. The molecule has 0 aliphatic heterocycles. The van der Waals surface area contributed by atoms with Crippen molar-refractivity contribution in [2.75, 3.05) is 5.43 Å². The van der Waals surface area contributed by atoms with Crippen LogP contribution in [0.1, 0.15) is 5.56 Å². The Morgan fingerprint density at radius 1 is 1.04 bits per heavy atom. The zero-order valence-corrected chi connectivity index (χ0v) is 15.1. The molecular weight excluding hydrogens is 370 g/mol. The lowest BCUT2D eigenvalue weighted by molar-refractivity contribution is -0.387. The molecule has 0 fully saturated rings. The van der Waals surface area contributed by atoms with Crippen LogP contribution >= 0.6 is 23.4 Å². The second-order valence-electron chi connectivity index (χ2n) is 5.28. The van der Waals surface area contributed by atoms with Crippen molar-refractivity contribution in [3.63, 3.8) is 0 Å². The molecule has 0 radical (unpaired) electrons. The van der Waals surface area contributed by atoms with E-state index in [-0.39, 0.29) is 10.6 Å². The van der Waals surface area contributed by atoms with E-state index in [4.69, 9.17) is 11.6 Å². The van der Waals surface area contributed by atoms with Crippen LogP contribution in [0.25, 0.3) is 0 Å². The van der Waals surface area contributed by atoms with Crippen molar-refractivity contribution in [2.45, 2.75) is 9.79 Å². The van der Waals surface area contributed by atoms with Gasteiger partial charge in [-0.05, 0) is 42.5 Å². The fourth-order valence-corrected chi connectivity index (χ4v) is 3.19. The predicted molar refractivity (Wildman–Crippen MR) is 106 cm³/mol. The Kier molecular flexibility index (Phi) is 5.88. The highest BCUT2D eigenvalue weighted by atomic mass is 35.5. The number of para-hydroxylation sites is 1. The predicted octanol–water partition coefficient (Wildman–Crippen LogP) is 5.85. The van der Waals surface area contributed by atoms with Crippen LogP contribution in [0.2, 0.25) is 5.02 Å². The van der Waals surface area contributed by atoms with Crippen molar-refractivity contribution >= 4 is 41.0 Å². The number of anilines is 1. The van der Waals surface area contributed by atoms with Crippen LogP contribution in [-0.4, -0.2) is 11.1 Å². The summed E-state index contributed by atoms with van der Waals surface area (Å²) in [6.45, 7) is 0. The molecule has 130 valence electrons. The van der Waals surface area contributed by atoms with Gasteiger partial charge >= 0.3 is 0 Å². The van der Waals surface area contributed by atoms with Gasteiger partial charge in [-0.15, -0.1) is 0 Å². The van der Waals surface area contributed by atoms with E-state index in [0.717, 1.165) is 10.6 Å². The second-order valence-corrected chi connectivity index (χ2v) is 6.83. The third-order valence-corrected chi connectivity index (χ3v) is 4.73. The molecule has 0 atom stereocenters. The molecule has 0 unspecified atom stereocenters. The quantitative estimate of drug-likeness (QED) is 0.329. The highest BCUT2D eigenvalue weighted by Gasteiger charge is 2.15. The van der Waals surface area contributed by atoms with E-state index in [1.54, 1.807) is 30.5 Å². The van der Waals surface area contributed by atoms with Gasteiger partial charge in [-0.25, -0.2) is 0 Å². The SMILES string of the molecule is O=[N+]([O-])c1cc(C=NNc2ccccc2)ccc1Sc1ccc(Cl)cc1. The van der Waals surface area contributed by atoms with Crippen molar-refractivity contribution in [1.29, 1.82) is 0 Å². The van der Waals surface area contributed by atoms with Gasteiger partial charge in [0, 0.05) is 21.5 Å². The van der Waals surface area contributed by atoms with Crippen molar-refractivity contribution in [1.82, 2.24) is 0 Å². The van der Waals surface area contributed by atoms with E-state index < -0.39 is 0 Å². The molecule has 26 heavy (non-hydrogen) atoms. The van der Waals surface area contributed by atoms with E-state index in [0.29, 0.717) is 15.5 Å². The number of hydrogen-bond acceptors (Lipinski definition) is 5. The average Bonchev–Trinajstić information content (AvgIpc) is 2.65. The summed E-state index contributed by atoms with van der Waals surface area (Å²) < 4.78 is 0. The molecular formula is C19H14ClN3O2S. The third-order valence-electron chi connectivity index (χ3n) is 3.40. The molecule has 0 bridgehead atoms. The number of rotatable bonds is 6. The summed E-state index contributed by atoms with van der Waals surface area (Å²) in [6, 6.07) is 21.7. The summed E-state index contributed by atoms with van der Waals surface area (Å²) >= 11 is 7.19. The zero-order chi connectivity index (χ0) is 18.4. The van der Waals surface area contributed by atoms with Gasteiger partial charge in [-0.3, -0.25) is 15.5 Å². The molecule has 0 aliphatic rings. The van der Waals surface area contributed by atoms with Crippen molar-refractivity contribution in [3.8, 4) is 0 Å². The van der Waals surface area contributed by atoms with Gasteiger partial charge in [0.25, 0.3) is 5.69 Å². The Labute approximate surface area is 159 Å². The normalized spacial score (nSPS) is 10.8. The molecule has 7 heteroatoms. The minimum atomic E-state index is -0.389. The zero-order valence-electron chi connectivity index (χ0n) is 13.5. The summed E-state index contributed by atoms with van der Waals surface area (Å²) in [5.41, 5.74) is 4.40. The first-order chi connectivity index (χ1) is 12.6. The first-order valence-electron chi connectivity index (χ1n) is 7.68. The van der Waals surface area contributed by atoms with Crippen LogP contribution in [0, 0.1) is 10.1 Å². The van der Waals surface area contributed by atoms with E-state index in [2.05, 4.69) is 10.5 Å². The van der Waals surface area contributed by atoms with E-state index in [1.165, 1.54) is 17.8 Å². The second kappa shape index (κ2) is 8.51. The molecule has 0 heterocycles. The average molecular weight is 384 g/mol. The summed E-state index contributed by atoms with van der Waals surface area (Å²) in [5, 5.41) is 16.2. The van der Waals surface area contributed by atoms with Crippen LogP contribution < -0.4 is 5.43 Å². The molecule has 0 aliphatic carbocycles. The van der Waals surface area contributed by atoms with Gasteiger partial charge < -0.3 is 0 Å². The number of nitro benzene ring substituents is 1. The molecule has 3 rings (SSSR count). The third kappa shape index (κ3) is 4.84. The largest absolute Gasteiger partial charge is 0.283 e. The standard InChI is InChI=1S/C19H14ClN3O2S/c20-15-7-9-17(10-8-15)26-19-11-6-14(12-18(19)23(24)25)13-21-22-16-4-2-1-3-5-16/h1-13,22H. The smallest absolute Gasteiger partial charge is 0.279 e. The first-order valence-corrected chi connectivity index (χ1v) is 8.87. The highest BCUT2D eigenvalue weighted by Crippen LogP contribution is 2.35. The lowest BCUT2D eigenvalue weighted by Gasteiger charge is -2.04. The Hall–Kier alpha value is -2.83. The Bertz CT molecular complexity index is 931. The molecule has 0 saturated carbocycles. The van der Waals surface area contributed by atoms with Crippen LogP contribution in [0.5, 0.6) is 0 Å². The van der Waals surface area contributed by atoms with Crippen LogP contribution in [0.4, 0.5) is 11.4 Å². The summed E-state index contributed by atoms with van der Waals surface area (Å²) in [7, 11) is 0. The van der Waals surface area contributed by atoms with Gasteiger partial charge in [0.15, 0.2) is 0 Å². The van der Waals surface area contributed by atoms with Crippen molar-refractivity contribution in [2.24, 2.45) is 5.10 Å². The lowest BCUT2D eigenvalue weighted by Crippen LogP contribution is -1.95. The fraction of sp³-hybridized carbons (Fsp3) is 0. The molecule has 0 saturated heterocycles. The fourth-order valence-electron chi connectivity index (χ4n) is 2.17. The number of nitrogens with zero attached hydrogens (tertiary/aromatic N) is 2. The monoisotopic (exact) mass is 383 g/mol. The molecule has 3 aromatic rings. The maximum Gasteiger partial charge on any atom is 0.283 e. The van der Waals surface area contributed by atoms with Gasteiger partial charge in [0.1, 0.15) is 0 Å². The number of hydrogen-bond donors (Lipinski definition) is 1. The first kappa shape index (κ1) is 18.0. The minimum Gasteiger partial charge on any atom is -0.279 e. The van der Waals surface area contributed by atoms with Crippen LogP contribution in [0.3, 0.4) is 0 Å². The summed E-state index contributed by atoms with van der Waals surface area (Å²) in [6.07, 6.45) is 1.55. The molecule has 0 amide bonds.